The summed E-state index contributed by atoms with van der Waals surface area (Å²) in [7, 11) is 0. The zero-order chi connectivity index (χ0) is 11.4. The Morgan fingerprint density at radius 3 is 2.80 bits per heavy atom. The van der Waals surface area contributed by atoms with Crippen LogP contribution >= 0.6 is 0 Å². The van der Waals surface area contributed by atoms with Gasteiger partial charge in [-0.05, 0) is 17.7 Å². The first kappa shape index (κ1) is 11.2. The normalized spacial score (nSPS) is 12.1. The van der Waals surface area contributed by atoms with Crippen molar-refractivity contribution < 1.29 is 14.8 Å². The highest BCUT2D eigenvalue weighted by molar-refractivity contribution is 5.87. The molecule has 1 aromatic carbocycles. The number of nitro groups is 1. The maximum atomic E-state index is 10.6. The molecule has 0 radical (unpaired) electrons. The van der Waals surface area contributed by atoms with E-state index in [4.69, 9.17) is 5.11 Å². The second-order valence-corrected chi connectivity index (χ2v) is 3.34. The lowest BCUT2D eigenvalue weighted by molar-refractivity contribution is -0.517. The number of benzene rings is 1. The summed E-state index contributed by atoms with van der Waals surface area (Å²) >= 11 is 0. The quantitative estimate of drug-likeness (QED) is 0.603. The number of hydrogen-bond acceptors (Lipinski definition) is 3. The van der Waals surface area contributed by atoms with Crippen LogP contribution < -0.4 is 0 Å². The van der Waals surface area contributed by atoms with Crippen molar-refractivity contribution in [1.82, 2.24) is 0 Å². The fourth-order valence-corrected chi connectivity index (χ4v) is 1.25. The largest absolute Gasteiger partial charge is 0.478 e. The molecule has 0 saturated carbocycles. The second kappa shape index (κ2) is 4.54. The van der Waals surface area contributed by atoms with E-state index in [1.165, 1.54) is 19.1 Å². The Morgan fingerprint density at radius 2 is 2.27 bits per heavy atom. The predicted molar refractivity (Wildman–Crippen MR) is 53.6 cm³/mol. The monoisotopic (exact) mass is 209 g/mol. The third-order valence-electron chi connectivity index (χ3n) is 2.06. The van der Waals surface area contributed by atoms with E-state index in [1.54, 1.807) is 12.1 Å². The molecule has 0 bridgehead atoms. The first-order valence-corrected chi connectivity index (χ1v) is 4.46. The smallest absolute Gasteiger partial charge is 0.335 e. The second-order valence-electron chi connectivity index (χ2n) is 3.34. The van der Waals surface area contributed by atoms with E-state index in [0.29, 0.717) is 5.56 Å². The predicted octanol–water partition coefficient (Wildman–Crippen LogP) is 1.59. The molecule has 1 atom stereocenters. The van der Waals surface area contributed by atoms with Crippen LogP contribution in [0.15, 0.2) is 24.3 Å². The Morgan fingerprint density at radius 1 is 1.60 bits per heavy atom. The van der Waals surface area contributed by atoms with Crippen molar-refractivity contribution in [2.24, 2.45) is 0 Å². The highest BCUT2D eigenvalue weighted by atomic mass is 16.6. The fraction of sp³-hybridized carbons (Fsp3) is 0.300. The lowest BCUT2D eigenvalue weighted by atomic mass is 10.0. The van der Waals surface area contributed by atoms with Crippen molar-refractivity contribution in [3.8, 4) is 0 Å². The molecule has 0 aliphatic carbocycles. The van der Waals surface area contributed by atoms with Crippen molar-refractivity contribution in [3.05, 3.63) is 45.5 Å². The number of hydrogen-bond donors (Lipinski definition) is 1. The molecule has 0 aliphatic rings. The van der Waals surface area contributed by atoms with Crippen LogP contribution in [0.2, 0.25) is 0 Å². The molecule has 5 heteroatoms. The van der Waals surface area contributed by atoms with E-state index < -0.39 is 12.0 Å². The minimum atomic E-state index is -1.02. The van der Waals surface area contributed by atoms with Crippen molar-refractivity contribution >= 4 is 5.97 Å². The SMILES string of the molecule is C[C@H](Cc1cccc(C(=O)O)c1)[N+](=O)[O-]. The Hall–Kier alpha value is -1.91. The lowest BCUT2D eigenvalue weighted by Crippen LogP contribution is -2.17. The average molecular weight is 209 g/mol. The van der Waals surface area contributed by atoms with E-state index in [0.717, 1.165) is 0 Å². The van der Waals surface area contributed by atoms with E-state index >= 15 is 0 Å². The highest BCUT2D eigenvalue weighted by Crippen LogP contribution is 2.09. The van der Waals surface area contributed by atoms with Gasteiger partial charge in [-0.15, -0.1) is 0 Å². The van der Waals surface area contributed by atoms with E-state index in [-0.39, 0.29) is 16.9 Å². The first-order valence-electron chi connectivity index (χ1n) is 4.46. The van der Waals surface area contributed by atoms with Crippen LogP contribution in [0.1, 0.15) is 22.8 Å². The Balaban J connectivity index is 2.82. The molecule has 1 aromatic rings. The topological polar surface area (TPSA) is 80.4 Å². The van der Waals surface area contributed by atoms with Crippen LogP contribution in [-0.4, -0.2) is 22.0 Å². The van der Waals surface area contributed by atoms with Gasteiger partial charge in [0.15, 0.2) is 0 Å². The van der Waals surface area contributed by atoms with E-state index in [2.05, 4.69) is 0 Å². The van der Waals surface area contributed by atoms with Crippen LogP contribution in [0.25, 0.3) is 0 Å². The molecular weight excluding hydrogens is 198 g/mol. The number of aromatic carboxylic acids is 1. The van der Waals surface area contributed by atoms with Crippen LogP contribution in [0, 0.1) is 10.1 Å². The number of carbonyl (C=O) groups is 1. The minimum absolute atomic E-state index is 0.156. The van der Waals surface area contributed by atoms with E-state index in [1.807, 2.05) is 0 Å². The molecule has 5 nitrogen and oxygen atoms in total. The van der Waals surface area contributed by atoms with Gasteiger partial charge in [0, 0.05) is 18.3 Å². The van der Waals surface area contributed by atoms with Gasteiger partial charge >= 0.3 is 5.97 Å². The van der Waals surface area contributed by atoms with Crippen LogP contribution in [0.3, 0.4) is 0 Å². The summed E-state index contributed by atoms with van der Waals surface area (Å²) in [5, 5.41) is 19.1. The maximum absolute atomic E-state index is 10.6. The Bertz CT molecular complexity index is 389. The van der Waals surface area contributed by atoms with Crippen molar-refractivity contribution in [3.63, 3.8) is 0 Å². The Labute approximate surface area is 86.5 Å². The van der Waals surface area contributed by atoms with Crippen LogP contribution in [0.4, 0.5) is 0 Å². The molecule has 0 amide bonds. The average Bonchev–Trinajstić information content (AvgIpc) is 2.18. The molecule has 0 saturated heterocycles. The number of nitrogens with zero attached hydrogens (tertiary/aromatic N) is 1. The minimum Gasteiger partial charge on any atom is -0.478 e. The van der Waals surface area contributed by atoms with Gasteiger partial charge in [0.1, 0.15) is 0 Å². The molecule has 0 aromatic heterocycles. The van der Waals surface area contributed by atoms with Gasteiger partial charge in [-0.2, -0.15) is 0 Å². The third kappa shape index (κ3) is 3.05. The van der Waals surface area contributed by atoms with Gasteiger partial charge < -0.3 is 5.11 Å². The number of rotatable bonds is 4. The van der Waals surface area contributed by atoms with Crippen molar-refractivity contribution in [2.75, 3.05) is 0 Å². The van der Waals surface area contributed by atoms with Gasteiger partial charge in [0.2, 0.25) is 6.04 Å². The molecular formula is C10H11NO4. The molecule has 0 aliphatic heterocycles. The summed E-state index contributed by atoms with van der Waals surface area (Å²) in [5.74, 6) is -1.02. The van der Waals surface area contributed by atoms with E-state index in [9.17, 15) is 14.9 Å². The molecule has 15 heavy (non-hydrogen) atoms. The number of carboxylic acids is 1. The van der Waals surface area contributed by atoms with Crippen LogP contribution in [-0.2, 0) is 6.42 Å². The zero-order valence-electron chi connectivity index (χ0n) is 8.21. The summed E-state index contributed by atoms with van der Waals surface area (Å²) in [6, 6.07) is 5.50. The summed E-state index contributed by atoms with van der Waals surface area (Å²) in [4.78, 5) is 20.7. The zero-order valence-corrected chi connectivity index (χ0v) is 8.21. The van der Waals surface area contributed by atoms with Gasteiger partial charge in [-0.3, -0.25) is 10.1 Å². The van der Waals surface area contributed by atoms with Gasteiger partial charge in [0.25, 0.3) is 0 Å². The summed E-state index contributed by atoms with van der Waals surface area (Å²) in [6.07, 6.45) is 0.244. The molecule has 80 valence electrons. The molecule has 1 rings (SSSR count). The molecule has 0 fully saturated rings. The summed E-state index contributed by atoms with van der Waals surface area (Å²) in [5.41, 5.74) is 0.821. The molecule has 1 N–H and O–H groups in total. The lowest BCUT2D eigenvalue weighted by Gasteiger charge is -2.04. The standard InChI is InChI=1S/C10H11NO4/c1-7(11(14)15)5-8-3-2-4-9(6-8)10(12)13/h2-4,6-7H,5H2,1H3,(H,12,13)/t7-/m1/s1. The van der Waals surface area contributed by atoms with Gasteiger partial charge in [-0.25, -0.2) is 4.79 Å². The molecule has 0 heterocycles. The number of carboxylic acid groups (broad SMARTS) is 1. The first-order chi connectivity index (χ1) is 7.00. The highest BCUT2D eigenvalue weighted by Gasteiger charge is 2.14. The molecule has 0 spiro atoms. The maximum Gasteiger partial charge on any atom is 0.335 e. The Kier molecular flexibility index (Phi) is 3.38. The third-order valence-corrected chi connectivity index (χ3v) is 2.06. The fourth-order valence-electron chi connectivity index (χ4n) is 1.25. The van der Waals surface area contributed by atoms with Crippen LogP contribution in [0.5, 0.6) is 0 Å². The summed E-state index contributed by atoms with van der Waals surface area (Å²) in [6.45, 7) is 1.49. The molecule has 0 unspecified atom stereocenters. The van der Waals surface area contributed by atoms with Crippen molar-refractivity contribution in [2.45, 2.75) is 19.4 Å². The van der Waals surface area contributed by atoms with Gasteiger partial charge in [-0.1, -0.05) is 12.1 Å². The van der Waals surface area contributed by atoms with Gasteiger partial charge in [0.05, 0.1) is 5.56 Å². The van der Waals surface area contributed by atoms with Crippen molar-refractivity contribution in [1.29, 1.82) is 0 Å². The summed E-state index contributed by atoms with van der Waals surface area (Å²) < 4.78 is 0.